The minimum atomic E-state index is -0.177. The minimum Gasteiger partial charge on any atom is -0.390 e. The third kappa shape index (κ3) is 9.55. The summed E-state index contributed by atoms with van der Waals surface area (Å²) in [5.74, 6) is 9.15. The maximum absolute atomic E-state index is 10.0. The van der Waals surface area contributed by atoms with E-state index in [-0.39, 0.29) is 19.0 Å². The molecule has 3 heterocycles. The fraction of sp³-hybridized carbons (Fsp3) is 0.273. The number of nitrogens with two attached hydrogens (primary N) is 2. The fourth-order valence-electron chi connectivity index (χ4n) is 7.23. The number of amidine groups is 1. The normalized spacial score (nSPS) is 11.7. The van der Waals surface area contributed by atoms with Crippen molar-refractivity contribution in [3.05, 3.63) is 147 Å². The number of hydrogen-bond acceptors (Lipinski definition) is 9. The summed E-state index contributed by atoms with van der Waals surface area (Å²) in [4.78, 5) is 9.31. The zero-order valence-electron chi connectivity index (χ0n) is 33.2. The lowest BCUT2D eigenvalue weighted by Crippen LogP contribution is -2.30. The summed E-state index contributed by atoms with van der Waals surface area (Å²) < 4.78 is 4.15. The van der Waals surface area contributed by atoms with Gasteiger partial charge in [-0.15, -0.1) is 15.3 Å². The van der Waals surface area contributed by atoms with Crippen LogP contribution in [0.25, 0.3) is 33.6 Å². The van der Waals surface area contributed by atoms with Crippen LogP contribution in [0, 0.1) is 0 Å². The maximum atomic E-state index is 10.0. The number of hydrogen-bond donors (Lipinski definition) is 4. The van der Waals surface area contributed by atoms with Crippen LogP contribution in [0.3, 0.4) is 0 Å². The van der Waals surface area contributed by atoms with Gasteiger partial charge in [0.2, 0.25) is 5.82 Å². The second-order valence-corrected chi connectivity index (χ2v) is 15.1. The molecule has 15 heteroatoms. The standard InChI is InChI=1S/C44H48Cl2N12O/c1-3-5-15-39-49-41(45)37(56(39)25-29-19-23-32(24-20-29)34-12-8-10-14-36(34)44-51-54-55-52-44)27-58(48)53-43(47)35-13-9-7-11-33(35)31-21-17-30(18-22-31)26-57-38(28-59)42(46)50-40(57)16-6-4-2/h7-14,17-24,59H,3-6,15-16,25-28,48H2,1-2H3,(H2,47,53)(H,51,52,54,55). The molecule has 6 N–H and O–H groups in total. The smallest absolute Gasteiger partial charge is 0.205 e. The Balaban J connectivity index is 1.10. The highest BCUT2D eigenvalue weighted by molar-refractivity contribution is 6.30. The lowest BCUT2D eigenvalue weighted by molar-refractivity contribution is 0.271. The van der Waals surface area contributed by atoms with E-state index in [1.807, 2.05) is 53.1 Å². The van der Waals surface area contributed by atoms with E-state index in [0.717, 1.165) is 100 Å². The summed E-state index contributed by atoms with van der Waals surface area (Å²) in [5.41, 5.74) is 15.7. The zero-order chi connectivity index (χ0) is 41.3. The van der Waals surface area contributed by atoms with E-state index >= 15 is 0 Å². The number of aliphatic hydroxyl groups is 1. The number of aliphatic hydroxyl groups excluding tert-OH is 1. The van der Waals surface area contributed by atoms with Gasteiger partial charge < -0.3 is 20.0 Å². The van der Waals surface area contributed by atoms with E-state index in [0.29, 0.717) is 34.9 Å². The molecular formula is C44H48Cl2N12O. The molecule has 0 amide bonds. The van der Waals surface area contributed by atoms with Crippen LogP contribution in [0.2, 0.25) is 10.3 Å². The van der Waals surface area contributed by atoms with Gasteiger partial charge in [0.1, 0.15) is 11.6 Å². The molecule has 0 saturated carbocycles. The highest BCUT2D eigenvalue weighted by atomic mass is 35.5. The first-order valence-corrected chi connectivity index (χ1v) is 20.6. The molecule has 0 fully saturated rings. The second kappa shape index (κ2) is 19.3. The third-order valence-corrected chi connectivity index (χ3v) is 10.9. The first-order valence-electron chi connectivity index (χ1n) is 19.8. The van der Waals surface area contributed by atoms with E-state index < -0.39 is 0 Å². The molecule has 0 aliphatic carbocycles. The third-order valence-electron chi connectivity index (χ3n) is 10.3. The van der Waals surface area contributed by atoms with Crippen molar-refractivity contribution < 1.29 is 5.11 Å². The summed E-state index contributed by atoms with van der Waals surface area (Å²) in [6.07, 6.45) is 5.58. The molecule has 0 saturated heterocycles. The van der Waals surface area contributed by atoms with Crippen molar-refractivity contribution in [2.45, 2.75) is 78.6 Å². The van der Waals surface area contributed by atoms with Crippen molar-refractivity contribution in [1.29, 1.82) is 0 Å². The van der Waals surface area contributed by atoms with E-state index in [1.54, 1.807) is 0 Å². The van der Waals surface area contributed by atoms with Crippen LogP contribution in [-0.4, -0.2) is 55.8 Å². The summed E-state index contributed by atoms with van der Waals surface area (Å²) >= 11 is 13.2. The molecule has 0 aliphatic rings. The Hall–Kier alpha value is -5.86. The number of imidazole rings is 2. The van der Waals surface area contributed by atoms with E-state index in [4.69, 9.17) is 39.8 Å². The molecule has 304 valence electrons. The second-order valence-electron chi connectivity index (χ2n) is 14.4. The van der Waals surface area contributed by atoms with Gasteiger partial charge in [0.25, 0.3) is 0 Å². The van der Waals surface area contributed by atoms with Gasteiger partial charge in [-0.05, 0) is 51.4 Å². The number of halogens is 2. The lowest BCUT2D eigenvalue weighted by atomic mass is 9.98. The first-order chi connectivity index (χ1) is 28.8. The number of H-pyrrole nitrogens is 1. The Labute approximate surface area is 353 Å². The van der Waals surface area contributed by atoms with Crippen molar-refractivity contribution in [3.63, 3.8) is 0 Å². The monoisotopic (exact) mass is 830 g/mol. The number of rotatable bonds is 18. The van der Waals surface area contributed by atoms with Gasteiger partial charge in [-0.3, -0.25) is 0 Å². The molecule has 13 nitrogen and oxygen atoms in total. The molecule has 59 heavy (non-hydrogen) atoms. The van der Waals surface area contributed by atoms with Crippen LogP contribution in [0.15, 0.2) is 102 Å². The van der Waals surface area contributed by atoms with Crippen molar-refractivity contribution >= 4 is 29.0 Å². The van der Waals surface area contributed by atoms with E-state index in [9.17, 15) is 5.11 Å². The van der Waals surface area contributed by atoms with Crippen LogP contribution in [0.5, 0.6) is 0 Å². The predicted octanol–water partition coefficient (Wildman–Crippen LogP) is 8.17. The number of aromatic amines is 1. The topological polar surface area (TPSA) is 178 Å². The van der Waals surface area contributed by atoms with Crippen LogP contribution < -0.4 is 11.6 Å². The average Bonchev–Trinajstić information content (AvgIpc) is 3.97. The van der Waals surface area contributed by atoms with Crippen molar-refractivity contribution in [2.75, 3.05) is 0 Å². The van der Waals surface area contributed by atoms with Crippen molar-refractivity contribution in [3.8, 4) is 33.6 Å². The van der Waals surface area contributed by atoms with Crippen LogP contribution in [0.4, 0.5) is 0 Å². The average molecular weight is 832 g/mol. The summed E-state index contributed by atoms with van der Waals surface area (Å²) in [6.45, 7) is 5.39. The Bertz CT molecular complexity index is 2490. The zero-order valence-corrected chi connectivity index (χ0v) is 34.7. The van der Waals surface area contributed by atoms with Gasteiger partial charge in [0.05, 0.1) is 24.5 Å². The minimum absolute atomic E-state index is 0.177. The predicted molar refractivity (Wildman–Crippen MR) is 233 cm³/mol. The molecular weight excluding hydrogens is 783 g/mol. The highest BCUT2D eigenvalue weighted by Gasteiger charge is 2.20. The first kappa shape index (κ1) is 41.3. The molecule has 0 aliphatic heterocycles. The number of nitrogens with one attached hydrogen (secondary N) is 1. The number of aryl methyl sites for hydroxylation is 2. The quantitative estimate of drug-likeness (QED) is 0.0287. The largest absolute Gasteiger partial charge is 0.390 e. The Morgan fingerprint density at radius 2 is 1.25 bits per heavy atom. The van der Waals surface area contributed by atoms with Gasteiger partial charge in [-0.1, -0.05) is 147 Å². The number of unbranched alkanes of at least 4 members (excludes halogenated alkanes) is 2. The van der Waals surface area contributed by atoms with E-state index in [2.05, 4.69) is 97.7 Å². The fourth-order valence-corrected chi connectivity index (χ4v) is 7.74. The number of benzene rings is 4. The number of aromatic nitrogens is 8. The molecule has 3 aromatic heterocycles. The van der Waals surface area contributed by atoms with Crippen LogP contribution in [0.1, 0.15) is 79.3 Å². The van der Waals surface area contributed by atoms with Gasteiger partial charge >= 0.3 is 0 Å². The maximum Gasteiger partial charge on any atom is 0.205 e. The van der Waals surface area contributed by atoms with Gasteiger partial charge in [-0.2, -0.15) is 5.21 Å². The SMILES string of the molecule is CCCCc1nc(Cl)c(CO)n1Cc1ccc(-c2ccccc2/C(N)=N/N(N)Cc2c(Cl)nc(CCCC)n2Cc2ccc(-c3ccccc3-c3nn[nH]n3)cc2)cc1. The molecule has 0 bridgehead atoms. The Kier molecular flexibility index (Phi) is 13.5. The molecule has 7 rings (SSSR count). The summed E-state index contributed by atoms with van der Waals surface area (Å²) in [5, 5.41) is 31.4. The number of tetrazole rings is 1. The number of nitrogens with zero attached hydrogens (tertiary/aromatic N) is 9. The van der Waals surface area contributed by atoms with Crippen LogP contribution in [-0.2, 0) is 39.1 Å². The molecule has 0 radical (unpaired) electrons. The molecule has 4 aromatic carbocycles. The van der Waals surface area contributed by atoms with Crippen molar-refractivity contribution in [2.24, 2.45) is 16.7 Å². The summed E-state index contributed by atoms with van der Waals surface area (Å²) in [6, 6.07) is 32.5. The lowest BCUT2D eigenvalue weighted by Gasteiger charge is -2.18. The number of hydrazone groups is 1. The molecule has 0 spiro atoms. The van der Waals surface area contributed by atoms with Gasteiger partial charge in [0.15, 0.2) is 16.1 Å². The molecule has 0 atom stereocenters. The van der Waals surface area contributed by atoms with E-state index in [1.165, 1.54) is 5.12 Å². The molecule has 0 unspecified atom stereocenters. The highest BCUT2D eigenvalue weighted by Crippen LogP contribution is 2.31. The Morgan fingerprint density at radius 3 is 1.81 bits per heavy atom. The summed E-state index contributed by atoms with van der Waals surface area (Å²) in [7, 11) is 0. The number of hydrazine groups is 1. The van der Waals surface area contributed by atoms with Crippen LogP contribution >= 0.6 is 23.2 Å². The Morgan fingerprint density at radius 1 is 0.729 bits per heavy atom. The van der Waals surface area contributed by atoms with Gasteiger partial charge in [0, 0.05) is 37.1 Å². The van der Waals surface area contributed by atoms with Crippen molar-refractivity contribution in [1.82, 2.24) is 44.8 Å². The molecule has 7 aromatic rings. The van der Waals surface area contributed by atoms with Gasteiger partial charge in [-0.25, -0.2) is 20.9 Å².